The summed E-state index contributed by atoms with van der Waals surface area (Å²) in [5.74, 6) is -0.601. The van der Waals surface area contributed by atoms with Gasteiger partial charge in [-0.3, -0.25) is 4.79 Å². The summed E-state index contributed by atoms with van der Waals surface area (Å²) in [6, 6.07) is 3.11. The molecule has 1 aliphatic rings. The number of primary amides is 1. The third kappa shape index (κ3) is 2.21. The number of carbonyl (C=O) groups excluding carboxylic acids is 1. The van der Waals surface area contributed by atoms with Crippen LogP contribution in [0, 0.1) is 0 Å². The number of nitrogens with two attached hydrogens (primary N) is 1. The first-order valence-corrected chi connectivity index (χ1v) is 5.47. The van der Waals surface area contributed by atoms with E-state index in [9.17, 15) is 15.0 Å². The first kappa shape index (κ1) is 12.9. The van der Waals surface area contributed by atoms with Crippen LogP contribution in [0.4, 0.5) is 0 Å². The number of rotatable bonds is 3. The Kier molecular flexibility index (Phi) is 3.58. The number of amides is 1. The first-order valence-electron chi connectivity index (χ1n) is 5.47. The molecule has 1 unspecified atom stereocenters. The van der Waals surface area contributed by atoms with Gasteiger partial charge in [0.1, 0.15) is 17.8 Å². The molecule has 4 atom stereocenters. The van der Waals surface area contributed by atoms with Gasteiger partial charge >= 0.3 is 0 Å². The number of hydrogen-bond donors (Lipinski definition) is 4. The van der Waals surface area contributed by atoms with Crippen LogP contribution in [0.1, 0.15) is 16.6 Å². The van der Waals surface area contributed by atoms with E-state index < -0.39 is 37.1 Å². The summed E-state index contributed by atoms with van der Waals surface area (Å²) in [6.45, 7) is -0.398. The van der Waals surface area contributed by atoms with Crippen molar-refractivity contribution in [1.82, 2.24) is 0 Å². The molecule has 0 radical (unpaired) electrons. The van der Waals surface area contributed by atoms with Crippen LogP contribution in [0.15, 0.2) is 24.5 Å². The lowest BCUT2D eigenvalue weighted by Gasteiger charge is -2.09. The van der Waals surface area contributed by atoms with Gasteiger partial charge in [-0.05, 0) is 6.07 Å². The fraction of sp³-hybridized carbons (Fsp3) is 0.455. The standard InChI is InChI=1S/C11H14N2O5/c12-10(17)6-2-1-3-13(4-6)11-9(16)8(15)7(5-14)18-11/h1-4,7-9,11,14-16H,5H2,(H-,12,17)/p+1/t7-,8+,9?,11-/m1/s1. The molecule has 1 aliphatic heterocycles. The van der Waals surface area contributed by atoms with Gasteiger partial charge in [0.25, 0.3) is 12.1 Å². The number of ether oxygens (including phenoxy) is 1. The summed E-state index contributed by atoms with van der Waals surface area (Å²) in [4.78, 5) is 11.1. The number of aromatic nitrogens is 1. The van der Waals surface area contributed by atoms with Crippen molar-refractivity contribution in [2.45, 2.75) is 24.5 Å². The van der Waals surface area contributed by atoms with E-state index in [4.69, 9.17) is 15.6 Å². The van der Waals surface area contributed by atoms with Gasteiger partial charge in [-0.1, -0.05) is 0 Å². The lowest BCUT2D eigenvalue weighted by Crippen LogP contribution is -2.46. The van der Waals surface area contributed by atoms with Crippen LogP contribution in [0.3, 0.4) is 0 Å². The summed E-state index contributed by atoms with van der Waals surface area (Å²) in [5, 5.41) is 28.4. The normalized spacial score (nSPS) is 31.5. The molecule has 0 aromatic carbocycles. The monoisotopic (exact) mass is 255 g/mol. The zero-order valence-electron chi connectivity index (χ0n) is 9.51. The zero-order chi connectivity index (χ0) is 13.3. The van der Waals surface area contributed by atoms with E-state index >= 15 is 0 Å². The number of aliphatic hydroxyl groups excluding tert-OH is 3. The molecule has 98 valence electrons. The van der Waals surface area contributed by atoms with Gasteiger partial charge in [0.05, 0.1) is 6.61 Å². The van der Waals surface area contributed by atoms with Crippen LogP contribution in [-0.2, 0) is 4.74 Å². The quantitative estimate of drug-likeness (QED) is 0.453. The molecule has 7 nitrogen and oxygen atoms in total. The van der Waals surface area contributed by atoms with Crippen molar-refractivity contribution in [2.24, 2.45) is 5.73 Å². The summed E-state index contributed by atoms with van der Waals surface area (Å²) in [6.07, 6.45) is -1.08. The van der Waals surface area contributed by atoms with Crippen LogP contribution in [0.2, 0.25) is 0 Å². The fourth-order valence-electron chi connectivity index (χ4n) is 1.92. The highest BCUT2D eigenvalue weighted by Crippen LogP contribution is 2.24. The second-order valence-electron chi connectivity index (χ2n) is 4.13. The Hall–Kier alpha value is -1.54. The first-order chi connectivity index (χ1) is 8.54. The molecule has 0 spiro atoms. The van der Waals surface area contributed by atoms with Crippen molar-refractivity contribution in [1.29, 1.82) is 0 Å². The lowest BCUT2D eigenvalue weighted by molar-refractivity contribution is -0.765. The minimum atomic E-state index is -1.18. The molecule has 1 aromatic rings. The highest BCUT2D eigenvalue weighted by Gasteiger charge is 2.47. The van der Waals surface area contributed by atoms with E-state index in [1.165, 1.54) is 16.8 Å². The largest absolute Gasteiger partial charge is 0.394 e. The van der Waals surface area contributed by atoms with E-state index in [-0.39, 0.29) is 5.56 Å². The molecule has 1 amide bonds. The van der Waals surface area contributed by atoms with E-state index in [0.29, 0.717) is 0 Å². The highest BCUT2D eigenvalue weighted by atomic mass is 16.6. The van der Waals surface area contributed by atoms with Crippen molar-refractivity contribution in [2.75, 3.05) is 6.61 Å². The van der Waals surface area contributed by atoms with Crippen molar-refractivity contribution in [3.63, 3.8) is 0 Å². The lowest BCUT2D eigenvalue weighted by atomic mass is 10.1. The Morgan fingerprint density at radius 1 is 1.44 bits per heavy atom. The predicted octanol–water partition coefficient (Wildman–Crippen LogP) is -2.32. The van der Waals surface area contributed by atoms with Crippen molar-refractivity contribution < 1.29 is 29.4 Å². The molecule has 0 aliphatic carbocycles. The second-order valence-corrected chi connectivity index (χ2v) is 4.13. The van der Waals surface area contributed by atoms with Crippen LogP contribution < -0.4 is 10.3 Å². The van der Waals surface area contributed by atoms with Gasteiger partial charge in [0.2, 0.25) is 0 Å². The molecular weight excluding hydrogens is 240 g/mol. The number of hydrogen-bond acceptors (Lipinski definition) is 5. The van der Waals surface area contributed by atoms with Gasteiger partial charge in [-0.25, -0.2) is 0 Å². The molecule has 2 heterocycles. The summed E-state index contributed by atoms with van der Waals surface area (Å²) in [5.41, 5.74) is 5.41. The van der Waals surface area contributed by atoms with E-state index in [1.807, 2.05) is 0 Å². The zero-order valence-corrected chi connectivity index (χ0v) is 9.51. The molecule has 18 heavy (non-hydrogen) atoms. The summed E-state index contributed by atoms with van der Waals surface area (Å²) >= 11 is 0. The summed E-state index contributed by atoms with van der Waals surface area (Å²) in [7, 11) is 0. The topological polar surface area (TPSA) is 117 Å². The van der Waals surface area contributed by atoms with E-state index in [1.54, 1.807) is 12.3 Å². The maximum atomic E-state index is 11.1. The molecule has 1 fully saturated rings. The second kappa shape index (κ2) is 4.99. The molecule has 0 bridgehead atoms. The van der Waals surface area contributed by atoms with Crippen LogP contribution in [0.5, 0.6) is 0 Å². The van der Waals surface area contributed by atoms with E-state index in [2.05, 4.69) is 0 Å². The third-order valence-corrected chi connectivity index (χ3v) is 2.92. The van der Waals surface area contributed by atoms with Crippen molar-refractivity contribution >= 4 is 5.91 Å². The molecular formula is C11H15N2O5+. The molecule has 7 heteroatoms. The van der Waals surface area contributed by atoms with Crippen LogP contribution >= 0.6 is 0 Å². The maximum absolute atomic E-state index is 11.1. The van der Waals surface area contributed by atoms with Gasteiger partial charge in [0, 0.05) is 6.07 Å². The average Bonchev–Trinajstić information content (AvgIpc) is 2.66. The Morgan fingerprint density at radius 2 is 2.17 bits per heavy atom. The predicted molar refractivity (Wildman–Crippen MR) is 58.2 cm³/mol. The Morgan fingerprint density at radius 3 is 2.72 bits per heavy atom. The fourth-order valence-corrected chi connectivity index (χ4v) is 1.92. The minimum absolute atomic E-state index is 0.259. The molecule has 1 saturated heterocycles. The number of aliphatic hydroxyl groups is 3. The number of nitrogens with zero attached hydrogens (tertiary/aromatic N) is 1. The molecule has 1 aromatic heterocycles. The van der Waals surface area contributed by atoms with Gasteiger partial charge in [-0.15, -0.1) is 0 Å². The molecule has 5 N–H and O–H groups in total. The Balaban J connectivity index is 2.27. The van der Waals surface area contributed by atoms with E-state index in [0.717, 1.165) is 0 Å². The molecule has 2 rings (SSSR count). The maximum Gasteiger partial charge on any atom is 0.292 e. The smallest absolute Gasteiger partial charge is 0.292 e. The SMILES string of the molecule is NC(=O)c1ccc[n+]([C@@H]2O[C@H](CO)[C@H](O)C2O)c1. The average molecular weight is 255 g/mol. The minimum Gasteiger partial charge on any atom is -0.394 e. The number of pyridine rings is 1. The van der Waals surface area contributed by atoms with Crippen LogP contribution in [-0.4, -0.2) is 46.1 Å². The third-order valence-electron chi connectivity index (χ3n) is 2.92. The highest BCUT2D eigenvalue weighted by molar-refractivity contribution is 5.92. The van der Waals surface area contributed by atoms with Gasteiger partial charge in [-0.2, -0.15) is 4.57 Å². The molecule has 0 saturated carbocycles. The Bertz CT molecular complexity index is 453. The number of carbonyl (C=O) groups is 1. The Labute approximate surface area is 103 Å². The van der Waals surface area contributed by atoms with Crippen LogP contribution in [0.25, 0.3) is 0 Å². The van der Waals surface area contributed by atoms with Crippen molar-refractivity contribution in [3.8, 4) is 0 Å². The van der Waals surface area contributed by atoms with Gasteiger partial charge < -0.3 is 25.8 Å². The van der Waals surface area contributed by atoms with Gasteiger partial charge in [0.15, 0.2) is 18.5 Å². The van der Waals surface area contributed by atoms with Crippen molar-refractivity contribution in [3.05, 3.63) is 30.1 Å². The summed E-state index contributed by atoms with van der Waals surface area (Å²) < 4.78 is 6.75.